The maximum absolute atomic E-state index is 10.0. The van der Waals surface area contributed by atoms with Gasteiger partial charge in [0.2, 0.25) is 0 Å². The third kappa shape index (κ3) is 3.41. The van der Waals surface area contributed by atoms with Crippen LogP contribution in [0.15, 0.2) is 12.1 Å². The molecule has 2 atom stereocenters. The van der Waals surface area contributed by atoms with Crippen molar-refractivity contribution in [2.75, 3.05) is 0 Å². The molecule has 0 heterocycles. The van der Waals surface area contributed by atoms with Crippen molar-refractivity contribution >= 4 is 12.4 Å². The standard InChI is InChI=1S/C12H19NO4.ClH/c1-12(2,3)11(17)10(13)9-7(15)4-6(14)5-8(9)16;/h4-5,10-11,14-17H,13H2,1-3H3;1H/t10-,11-;/m0./s1. The molecule has 6 N–H and O–H groups in total. The molecule has 0 bridgehead atoms. The summed E-state index contributed by atoms with van der Waals surface area (Å²) in [5.41, 5.74) is 5.37. The van der Waals surface area contributed by atoms with E-state index in [-0.39, 0.29) is 35.2 Å². The highest BCUT2D eigenvalue weighted by Gasteiger charge is 2.32. The molecule has 0 radical (unpaired) electrons. The van der Waals surface area contributed by atoms with Crippen molar-refractivity contribution in [3.63, 3.8) is 0 Å². The van der Waals surface area contributed by atoms with Crippen LogP contribution in [-0.4, -0.2) is 26.5 Å². The van der Waals surface area contributed by atoms with Crippen molar-refractivity contribution in [1.82, 2.24) is 0 Å². The lowest BCUT2D eigenvalue weighted by Crippen LogP contribution is -2.37. The fourth-order valence-electron chi connectivity index (χ4n) is 1.65. The molecular formula is C12H20ClNO4. The van der Waals surface area contributed by atoms with Gasteiger partial charge in [0.1, 0.15) is 17.2 Å². The van der Waals surface area contributed by atoms with E-state index in [9.17, 15) is 20.4 Å². The van der Waals surface area contributed by atoms with Crippen LogP contribution in [-0.2, 0) is 0 Å². The van der Waals surface area contributed by atoms with Crippen molar-refractivity contribution in [1.29, 1.82) is 0 Å². The number of benzene rings is 1. The van der Waals surface area contributed by atoms with E-state index in [0.717, 1.165) is 12.1 Å². The lowest BCUT2D eigenvalue weighted by atomic mass is 9.82. The van der Waals surface area contributed by atoms with Crippen LogP contribution < -0.4 is 5.73 Å². The predicted molar refractivity (Wildman–Crippen MR) is 71.1 cm³/mol. The molecule has 18 heavy (non-hydrogen) atoms. The number of aromatic hydroxyl groups is 3. The summed E-state index contributed by atoms with van der Waals surface area (Å²) in [6, 6.07) is 1.21. The molecule has 1 aromatic rings. The summed E-state index contributed by atoms with van der Waals surface area (Å²) >= 11 is 0. The van der Waals surface area contributed by atoms with Gasteiger partial charge in [-0.15, -0.1) is 12.4 Å². The van der Waals surface area contributed by atoms with Gasteiger partial charge in [-0.2, -0.15) is 0 Å². The molecule has 0 aliphatic carbocycles. The molecule has 0 unspecified atom stereocenters. The first-order valence-corrected chi connectivity index (χ1v) is 5.33. The second-order valence-electron chi connectivity index (χ2n) is 5.23. The summed E-state index contributed by atoms with van der Waals surface area (Å²) in [7, 11) is 0. The monoisotopic (exact) mass is 277 g/mol. The largest absolute Gasteiger partial charge is 0.508 e. The molecule has 0 aliphatic rings. The summed E-state index contributed by atoms with van der Waals surface area (Å²) in [4.78, 5) is 0. The van der Waals surface area contributed by atoms with Crippen LogP contribution in [0, 0.1) is 5.41 Å². The topological polar surface area (TPSA) is 107 Å². The molecule has 0 spiro atoms. The third-order valence-electron chi connectivity index (χ3n) is 2.68. The van der Waals surface area contributed by atoms with E-state index in [1.165, 1.54) is 0 Å². The van der Waals surface area contributed by atoms with Gasteiger partial charge in [0.15, 0.2) is 0 Å². The van der Waals surface area contributed by atoms with Crippen LogP contribution in [0.5, 0.6) is 17.2 Å². The first-order valence-electron chi connectivity index (χ1n) is 5.33. The number of nitrogens with two attached hydrogens (primary N) is 1. The fourth-order valence-corrected chi connectivity index (χ4v) is 1.65. The van der Waals surface area contributed by atoms with Crippen LogP contribution in [0.4, 0.5) is 0 Å². The molecule has 6 heteroatoms. The summed E-state index contributed by atoms with van der Waals surface area (Å²) in [6.45, 7) is 5.39. The average Bonchev–Trinajstić information content (AvgIpc) is 2.13. The Morgan fingerprint density at radius 2 is 1.44 bits per heavy atom. The number of halogens is 1. The van der Waals surface area contributed by atoms with Gasteiger partial charge < -0.3 is 26.2 Å². The van der Waals surface area contributed by atoms with E-state index in [1.54, 1.807) is 20.8 Å². The SMILES string of the molecule is CC(C)(C)[C@@H](O)[C@@H](N)c1c(O)cc(O)cc1O.Cl. The minimum Gasteiger partial charge on any atom is -0.508 e. The second-order valence-corrected chi connectivity index (χ2v) is 5.23. The molecule has 0 aromatic heterocycles. The zero-order valence-corrected chi connectivity index (χ0v) is 11.4. The maximum atomic E-state index is 10.0. The molecule has 1 aromatic carbocycles. The number of aliphatic hydroxyl groups excluding tert-OH is 1. The van der Waals surface area contributed by atoms with Gasteiger partial charge in [-0.3, -0.25) is 0 Å². The van der Waals surface area contributed by atoms with Crippen LogP contribution in [0.25, 0.3) is 0 Å². The first-order chi connectivity index (χ1) is 7.64. The van der Waals surface area contributed by atoms with Crippen LogP contribution >= 0.6 is 12.4 Å². The van der Waals surface area contributed by atoms with Crippen molar-refractivity contribution < 1.29 is 20.4 Å². The van der Waals surface area contributed by atoms with E-state index < -0.39 is 17.6 Å². The number of phenolic OH excluding ortho intramolecular Hbond substituents is 3. The molecule has 1 rings (SSSR count). The van der Waals surface area contributed by atoms with Crippen molar-refractivity contribution in [2.24, 2.45) is 11.1 Å². The first kappa shape index (κ1) is 16.8. The fraction of sp³-hybridized carbons (Fsp3) is 0.500. The third-order valence-corrected chi connectivity index (χ3v) is 2.68. The number of hydrogen-bond donors (Lipinski definition) is 5. The highest BCUT2D eigenvalue weighted by Crippen LogP contribution is 2.39. The second kappa shape index (κ2) is 5.65. The average molecular weight is 278 g/mol. The Hall–Kier alpha value is -1.17. The number of aliphatic hydroxyl groups is 1. The van der Waals surface area contributed by atoms with Gasteiger partial charge in [-0.25, -0.2) is 0 Å². The summed E-state index contributed by atoms with van der Waals surface area (Å²) in [5, 5.41) is 38.5. The Morgan fingerprint density at radius 3 is 1.78 bits per heavy atom. The van der Waals surface area contributed by atoms with Crippen LogP contribution in [0.2, 0.25) is 0 Å². The van der Waals surface area contributed by atoms with E-state index in [2.05, 4.69) is 0 Å². The molecular weight excluding hydrogens is 258 g/mol. The number of rotatable bonds is 2. The summed E-state index contributed by atoms with van der Waals surface area (Å²) in [5.74, 6) is -0.933. The number of phenols is 3. The minimum absolute atomic E-state index is 0. The molecule has 5 nitrogen and oxygen atoms in total. The Labute approximate surface area is 112 Å². The molecule has 0 fully saturated rings. The molecule has 0 aliphatic heterocycles. The molecule has 0 saturated carbocycles. The molecule has 0 saturated heterocycles. The Kier molecular flexibility index (Phi) is 5.28. The highest BCUT2D eigenvalue weighted by molar-refractivity contribution is 5.85. The van der Waals surface area contributed by atoms with Gasteiger partial charge in [-0.05, 0) is 5.41 Å². The Balaban J connectivity index is 0.00000289. The van der Waals surface area contributed by atoms with Crippen molar-refractivity contribution in [3.8, 4) is 17.2 Å². The van der Waals surface area contributed by atoms with Gasteiger partial charge in [0, 0.05) is 12.1 Å². The summed E-state index contributed by atoms with van der Waals surface area (Å²) in [6.07, 6.45) is -0.941. The van der Waals surface area contributed by atoms with E-state index in [1.807, 2.05) is 0 Å². The maximum Gasteiger partial charge on any atom is 0.127 e. The quantitative estimate of drug-likeness (QED) is 0.565. The normalized spacial score (nSPS) is 14.7. The Morgan fingerprint density at radius 1 is 1.06 bits per heavy atom. The lowest BCUT2D eigenvalue weighted by Gasteiger charge is -2.31. The van der Waals surface area contributed by atoms with Crippen LogP contribution in [0.1, 0.15) is 32.4 Å². The molecule has 104 valence electrons. The van der Waals surface area contributed by atoms with E-state index >= 15 is 0 Å². The van der Waals surface area contributed by atoms with Gasteiger partial charge >= 0.3 is 0 Å². The zero-order valence-electron chi connectivity index (χ0n) is 10.6. The zero-order chi connectivity index (χ0) is 13.4. The van der Waals surface area contributed by atoms with Gasteiger partial charge in [0.25, 0.3) is 0 Å². The van der Waals surface area contributed by atoms with E-state index in [0.29, 0.717) is 0 Å². The smallest absolute Gasteiger partial charge is 0.127 e. The Bertz CT molecular complexity index is 394. The van der Waals surface area contributed by atoms with E-state index in [4.69, 9.17) is 5.73 Å². The highest BCUT2D eigenvalue weighted by atomic mass is 35.5. The predicted octanol–water partition coefficient (Wildman–Crippen LogP) is 1.63. The number of hydrogen-bond acceptors (Lipinski definition) is 5. The minimum atomic E-state index is -0.941. The lowest BCUT2D eigenvalue weighted by molar-refractivity contribution is 0.0388. The van der Waals surface area contributed by atoms with Crippen molar-refractivity contribution in [2.45, 2.75) is 32.9 Å². The summed E-state index contributed by atoms with van der Waals surface area (Å²) < 4.78 is 0. The van der Waals surface area contributed by atoms with Crippen LogP contribution in [0.3, 0.4) is 0 Å². The van der Waals surface area contributed by atoms with Crippen molar-refractivity contribution in [3.05, 3.63) is 17.7 Å². The molecule has 0 amide bonds. The van der Waals surface area contributed by atoms with Gasteiger partial charge in [-0.1, -0.05) is 20.8 Å². The van der Waals surface area contributed by atoms with Gasteiger partial charge in [0.05, 0.1) is 17.7 Å².